The minimum absolute atomic E-state index is 0.0925. The van der Waals surface area contributed by atoms with Crippen LogP contribution in [0.5, 0.6) is 0 Å². The van der Waals surface area contributed by atoms with E-state index in [9.17, 15) is 9.59 Å². The van der Waals surface area contributed by atoms with E-state index < -0.39 is 0 Å². The molecule has 8 heteroatoms. The Bertz CT molecular complexity index is 726. The highest BCUT2D eigenvalue weighted by Crippen LogP contribution is 2.32. The van der Waals surface area contributed by atoms with Crippen LogP contribution in [0.25, 0.3) is 0 Å². The second-order valence-corrected chi connectivity index (χ2v) is 8.90. The van der Waals surface area contributed by atoms with Crippen LogP contribution in [0.15, 0.2) is 12.3 Å². The molecule has 2 aliphatic heterocycles. The van der Waals surface area contributed by atoms with Crippen molar-refractivity contribution in [3.8, 4) is 0 Å². The zero-order chi connectivity index (χ0) is 20.9. The molecular formula is C22H35N5O3. The third-order valence-electron chi connectivity index (χ3n) is 6.45. The predicted octanol–water partition coefficient (Wildman–Crippen LogP) is 1.14. The average Bonchev–Trinajstić information content (AvgIpc) is 3.54. The molecule has 166 valence electrons. The van der Waals surface area contributed by atoms with E-state index in [-0.39, 0.29) is 24.4 Å². The van der Waals surface area contributed by atoms with Crippen molar-refractivity contribution >= 4 is 11.8 Å². The molecule has 3 fully saturated rings. The van der Waals surface area contributed by atoms with Crippen LogP contribution in [0.1, 0.15) is 37.8 Å². The summed E-state index contributed by atoms with van der Waals surface area (Å²) < 4.78 is 7.13. The standard InChI is InChI=1S/C22H35N5O3/c1-18-7-11-26(23-18)17-21(28)25-9-2-4-20(16-25)27(22(29)19-5-6-19)10-3-8-24-12-14-30-15-13-24/h7,11,19-20H,2-6,8-10,12-17H2,1H3. The van der Waals surface area contributed by atoms with Crippen LogP contribution in [-0.2, 0) is 20.9 Å². The molecule has 0 aromatic carbocycles. The summed E-state index contributed by atoms with van der Waals surface area (Å²) >= 11 is 0. The molecule has 8 nitrogen and oxygen atoms in total. The Labute approximate surface area is 179 Å². The largest absolute Gasteiger partial charge is 0.379 e. The number of piperidine rings is 1. The maximum atomic E-state index is 13.0. The molecule has 1 saturated carbocycles. The molecule has 2 saturated heterocycles. The quantitative estimate of drug-likeness (QED) is 0.635. The van der Waals surface area contributed by atoms with Crippen molar-refractivity contribution in [2.24, 2.45) is 5.92 Å². The van der Waals surface area contributed by atoms with Gasteiger partial charge in [0.15, 0.2) is 0 Å². The third-order valence-corrected chi connectivity index (χ3v) is 6.45. The number of nitrogens with zero attached hydrogens (tertiary/aromatic N) is 5. The van der Waals surface area contributed by atoms with E-state index >= 15 is 0 Å². The van der Waals surface area contributed by atoms with Crippen molar-refractivity contribution in [3.63, 3.8) is 0 Å². The molecule has 1 aliphatic carbocycles. The first-order chi connectivity index (χ1) is 14.6. The van der Waals surface area contributed by atoms with Gasteiger partial charge in [-0.25, -0.2) is 0 Å². The monoisotopic (exact) mass is 417 g/mol. The van der Waals surface area contributed by atoms with E-state index in [0.29, 0.717) is 12.5 Å². The van der Waals surface area contributed by atoms with Crippen molar-refractivity contribution in [2.45, 2.75) is 51.6 Å². The second kappa shape index (κ2) is 9.92. The Morgan fingerprint density at radius 3 is 2.70 bits per heavy atom. The van der Waals surface area contributed by atoms with Crippen LogP contribution >= 0.6 is 0 Å². The fraction of sp³-hybridized carbons (Fsp3) is 0.773. The number of morpholine rings is 1. The maximum Gasteiger partial charge on any atom is 0.244 e. The highest BCUT2D eigenvalue weighted by molar-refractivity contribution is 5.81. The summed E-state index contributed by atoms with van der Waals surface area (Å²) in [6.07, 6.45) is 6.81. The summed E-state index contributed by atoms with van der Waals surface area (Å²) in [5.74, 6) is 0.612. The molecule has 30 heavy (non-hydrogen) atoms. The Morgan fingerprint density at radius 2 is 2.00 bits per heavy atom. The van der Waals surface area contributed by atoms with E-state index in [1.54, 1.807) is 4.68 Å². The van der Waals surface area contributed by atoms with Gasteiger partial charge in [-0.2, -0.15) is 5.10 Å². The molecule has 0 radical (unpaired) electrons. The Balaban J connectivity index is 1.33. The molecule has 0 spiro atoms. The molecule has 1 aromatic heterocycles. The van der Waals surface area contributed by atoms with Gasteiger partial charge in [-0.1, -0.05) is 0 Å². The van der Waals surface area contributed by atoms with Crippen molar-refractivity contribution in [2.75, 3.05) is 52.5 Å². The summed E-state index contributed by atoms with van der Waals surface area (Å²) in [5, 5.41) is 4.34. The van der Waals surface area contributed by atoms with Gasteiger partial charge in [0.05, 0.1) is 18.9 Å². The van der Waals surface area contributed by atoms with E-state index in [0.717, 1.165) is 83.7 Å². The van der Waals surface area contributed by atoms with Crippen LogP contribution in [0.3, 0.4) is 0 Å². The Kier molecular flexibility index (Phi) is 7.04. The molecule has 3 aliphatic rings. The van der Waals surface area contributed by atoms with Crippen LogP contribution in [0, 0.1) is 12.8 Å². The lowest BCUT2D eigenvalue weighted by Crippen LogP contribution is -2.53. The number of ether oxygens (including phenoxy) is 1. The number of likely N-dealkylation sites (tertiary alicyclic amines) is 1. The highest BCUT2D eigenvalue weighted by Gasteiger charge is 2.38. The summed E-state index contributed by atoms with van der Waals surface area (Å²) in [5.41, 5.74) is 0.917. The van der Waals surface area contributed by atoms with Crippen molar-refractivity contribution in [3.05, 3.63) is 18.0 Å². The van der Waals surface area contributed by atoms with Gasteiger partial charge in [-0.3, -0.25) is 19.2 Å². The second-order valence-electron chi connectivity index (χ2n) is 8.90. The molecule has 1 unspecified atom stereocenters. The number of hydrogen-bond donors (Lipinski definition) is 0. The Morgan fingerprint density at radius 1 is 1.20 bits per heavy atom. The van der Waals surface area contributed by atoms with E-state index in [1.807, 2.05) is 24.1 Å². The molecule has 4 rings (SSSR count). The van der Waals surface area contributed by atoms with Gasteiger partial charge in [-0.05, 0) is 45.1 Å². The van der Waals surface area contributed by atoms with Gasteiger partial charge in [0.2, 0.25) is 11.8 Å². The van der Waals surface area contributed by atoms with Crippen LogP contribution < -0.4 is 0 Å². The minimum atomic E-state index is 0.0925. The summed E-state index contributed by atoms with van der Waals surface area (Å²) in [7, 11) is 0. The Hall–Kier alpha value is -1.93. The van der Waals surface area contributed by atoms with Crippen LogP contribution in [0.4, 0.5) is 0 Å². The first-order valence-electron chi connectivity index (χ1n) is 11.5. The van der Waals surface area contributed by atoms with Gasteiger partial charge < -0.3 is 14.5 Å². The maximum absolute atomic E-state index is 13.0. The zero-order valence-corrected chi connectivity index (χ0v) is 18.2. The molecule has 3 heterocycles. The fourth-order valence-electron chi connectivity index (χ4n) is 4.55. The van der Waals surface area contributed by atoms with E-state index in [1.165, 1.54) is 0 Å². The lowest BCUT2D eigenvalue weighted by molar-refractivity contribution is -0.141. The molecule has 1 aromatic rings. The SMILES string of the molecule is Cc1ccn(CC(=O)N2CCCC(N(CCCN3CCOCC3)C(=O)C3CC3)C2)n1. The number of carbonyl (C=O) groups is 2. The fourth-order valence-corrected chi connectivity index (χ4v) is 4.55. The molecule has 2 amide bonds. The van der Waals surface area contributed by atoms with Gasteiger partial charge in [0, 0.05) is 57.4 Å². The summed E-state index contributed by atoms with van der Waals surface area (Å²) in [6, 6.07) is 2.05. The van der Waals surface area contributed by atoms with Crippen molar-refractivity contribution in [1.82, 2.24) is 24.5 Å². The summed E-state index contributed by atoms with van der Waals surface area (Å²) in [6.45, 7) is 8.99. The average molecular weight is 418 g/mol. The normalized spacial score (nSPS) is 22.8. The topological polar surface area (TPSA) is 70.9 Å². The van der Waals surface area contributed by atoms with Gasteiger partial charge in [0.1, 0.15) is 6.54 Å². The predicted molar refractivity (Wildman–Crippen MR) is 113 cm³/mol. The molecule has 1 atom stereocenters. The lowest BCUT2D eigenvalue weighted by atomic mass is 10.0. The van der Waals surface area contributed by atoms with E-state index in [4.69, 9.17) is 4.74 Å². The number of carbonyl (C=O) groups excluding carboxylic acids is 2. The number of rotatable bonds is 8. The molecular weight excluding hydrogens is 382 g/mol. The molecule has 0 N–H and O–H groups in total. The minimum Gasteiger partial charge on any atom is -0.379 e. The number of aryl methyl sites for hydroxylation is 1. The third kappa shape index (κ3) is 5.60. The van der Waals surface area contributed by atoms with Crippen LogP contribution in [0.2, 0.25) is 0 Å². The molecule has 0 bridgehead atoms. The zero-order valence-electron chi connectivity index (χ0n) is 18.2. The first-order valence-corrected chi connectivity index (χ1v) is 11.5. The first kappa shape index (κ1) is 21.3. The van der Waals surface area contributed by atoms with Crippen LogP contribution in [-0.4, -0.2) is 94.8 Å². The number of amides is 2. The lowest BCUT2D eigenvalue weighted by Gasteiger charge is -2.40. The van der Waals surface area contributed by atoms with Gasteiger partial charge >= 0.3 is 0 Å². The number of aromatic nitrogens is 2. The van der Waals surface area contributed by atoms with Crippen molar-refractivity contribution < 1.29 is 14.3 Å². The summed E-state index contributed by atoms with van der Waals surface area (Å²) in [4.78, 5) is 32.3. The number of hydrogen-bond acceptors (Lipinski definition) is 5. The highest BCUT2D eigenvalue weighted by atomic mass is 16.5. The van der Waals surface area contributed by atoms with Crippen molar-refractivity contribution in [1.29, 1.82) is 0 Å². The van der Waals surface area contributed by atoms with Gasteiger partial charge in [0.25, 0.3) is 0 Å². The van der Waals surface area contributed by atoms with E-state index in [2.05, 4.69) is 14.9 Å². The van der Waals surface area contributed by atoms with Gasteiger partial charge in [-0.15, -0.1) is 0 Å². The smallest absolute Gasteiger partial charge is 0.244 e.